The SMILES string of the molecule is c1cnc(N2CC[C@@H]3OCCN(Cc4cccnc4)[C@H]3CC2)nc1. The maximum atomic E-state index is 6.09. The fourth-order valence-corrected chi connectivity index (χ4v) is 3.74. The first kappa shape index (κ1) is 15.5. The van der Waals surface area contributed by atoms with E-state index in [0.29, 0.717) is 12.1 Å². The zero-order chi connectivity index (χ0) is 16.2. The van der Waals surface area contributed by atoms with Gasteiger partial charge in [-0.25, -0.2) is 9.97 Å². The molecule has 0 radical (unpaired) electrons. The van der Waals surface area contributed by atoms with Crippen molar-refractivity contribution >= 4 is 5.95 Å². The molecule has 0 amide bonds. The summed E-state index contributed by atoms with van der Waals surface area (Å²) >= 11 is 0. The minimum Gasteiger partial charge on any atom is -0.375 e. The lowest BCUT2D eigenvalue weighted by Gasteiger charge is -2.40. The van der Waals surface area contributed by atoms with Crippen LogP contribution in [0.1, 0.15) is 18.4 Å². The summed E-state index contributed by atoms with van der Waals surface area (Å²) in [5, 5.41) is 0. The number of hydrogen-bond acceptors (Lipinski definition) is 6. The third kappa shape index (κ3) is 3.39. The zero-order valence-electron chi connectivity index (χ0n) is 13.8. The molecule has 2 aliphatic rings. The van der Waals surface area contributed by atoms with Crippen molar-refractivity contribution in [2.24, 2.45) is 0 Å². The van der Waals surface area contributed by atoms with E-state index in [9.17, 15) is 0 Å². The normalized spacial score (nSPS) is 25.1. The Morgan fingerprint density at radius 2 is 1.92 bits per heavy atom. The molecule has 0 spiro atoms. The average molecular weight is 325 g/mol. The van der Waals surface area contributed by atoms with E-state index in [4.69, 9.17) is 4.74 Å². The van der Waals surface area contributed by atoms with Crippen molar-refractivity contribution in [2.45, 2.75) is 31.5 Å². The Kier molecular flexibility index (Phi) is 4.66. The topological polar surface area (TPSA) is 54.4 Å². The largest absolute Gasteiger partial charge is 0.375 e. The van der Waals surface area contributed by atoms with Crippen molar-refractivity contribution in [3.8, 4) is 0 Å². The van der Waals surface area contributed by atoms with Crippen LogP contribution in [0.3, 0.4) is 0 Å². The van der Waals surface area contributed by atoms with Gasteiger partial charge in [-0.2, -0.15) is 0 Å². The predicted octanol–water partition coefficient (Wildman–Crippen LogP) is 1.74. The smallest absolute Gasteiger partial charge is 0.225 e. The van der Waals surface area contributed by atoms with Crippen LogP contribution in [0.15, 0.2) is 43.0 Å². The third-order valence-electron chi connectivity index (χ3n) is 4.93. The fourth-order valence-electron chi connectivity index (χ4n) is 3.74. The van der Waals surface area contributed by atoms with Crippen molar-refractivity contribution < 1.29 is 4.74 Å². The molecule has 0 bridgehead atoms. The standard InChI is InChI=1S/C18H23N5O/c1-3-15(13-19-6-1)14-23-11-12-24-17-5-10-22(9-4-16(17)23)18-20-7-2-8-21-18/h1-3,6-8,13,16-17H,4-5,9-12,14H2/t16-,17-/m0/s1. The lowest BCUT2D eigenvalue weighted by Crippen LogP contribution is -2.50. The second-order valence-electron chi connectivity index (χ2n) is 6.42. The van der Waals surface area contributed by atoms with Gasteiger partial charge in [0, 0.05) is 57.0 Å². The summed E-state index contributed by atoms with van der Waals surface area (Å²) in [6.45, 7) is 4.66. The molecule has 24 heavy (non-hydrogen) atoms. The Bertz CT molecular complexity index is 638. The lowest BCUT2D eigenvalue weighted by molar-refractivity contribution is -0.0746. The summed E-state index contributed by atoms with van der Waals surface area (Å²) in [5.41, 5.74) is 1.27. The molecule has 6 heteroatoms. The highest BCUT2D eigenvalue weighted by molar-refractivity contribution is 5.28. The van der Waals surface area contributed by atoms with Crippen molar-refractivity contribution in [3.05, 3.63) is 48.5 Å². The highest BCUT2D eigenvalue weighted by Crippen LogP contribution is 2.26. The van der Waals surface area contributed by atoms with E-state index in [2.05, 4.69) is 30.8 Å². The molecule has 2 saturated heterocycles. The van der Waals surface area contributed by atoms with Gasteiger partial charge in [0.15, 0.2) is 0 Å². The molecular formula is C18H23N5O. The minimum atomic E-state index is 0.295. The Morgan fingerprint density at radius 3 is 2.75 bits per heavy atom. The molecule has 2 aromatic rings. The molecule has 2 fully saturated rings. The maximum absolute atomic E-state index is 6.09. The number of morpholine rings is 1. The zero-order valence-corrected chi connectivity index (χ0v) is 13.8. The van der Waals surface area contributed by atoms with E-state index in [1.54, 1.807) is 0 Å². The van der Waals surface area contributed by atoms with Gasteiger partial charge in [-0.15, -0.1) is 0 Å². The van der Waals surface area contributed by atoms with Crippen molar-refractivity contribution in [3.63, 3.8) is 0 Å². The number of ether oxygens (including phenoxy) is 1. The number of nitrogens with zero attached hydrogens (tertiary/aromatic N) is 5. The van der Waals surface area contributed by atoms with Crippen LogP contribution in [0.2, 0.25) is 0 Å². The van der Waals surface area contributed by atoms with Gasteiger partial charge in [0.1, 0.15) is 0 Å². The highest BCUT2D eigenvalue weighted by Gasteiger charge is 2.35. The summed E-state index contributed by atoms with van der Waals surface area (Å²) in [7, 11) is 0. The van der Waals surface area contributed by atoms with Gasteiger partial charge in [-0.1, -0.05) is 6.07 Å². The Balaban J connectivity index is 1.46. The Hall–Kier alpha value is -2.05. The van der Waals surface area contributed by atoms with E-state index in [1.807, 2.05) is 36.9 Å². The molecule has 0 aromatic carbocycles. The molecule has 4 heterocycles. The van der Waals surface area contributed by atoms with E-state index in [1.165, 1.54) is 5.56 Å². The number of aromatic nitrogens is 3. The molecule has 6 nitrogen and oxygen atoms in total. The molecule has 2 aliphatic heterocycles. The van der Waals surface area contributed by atoms with Crippen molar-refractivity contribution in [1.29, 1.82) is 0 Å². The average Bonchev–Trinajstić information content (AvgIpc) is 2.87. The van der Waals surface area contributed by atoms with E-state index in [-0.39, 0.29) is 0 Å². The van der Waals surface area contributed by atoms with Gasteiger partial charge in [0.2, 0.25) is 5.95 Å². The second-order valence-corrected chi connectivity index (χ2v) is 6.42. The number of hydrogen-bond donors (Lipinski definition) is 0. The van der Waals surface area contributed by atoms with Gasteiger partial charge in [-0.05, 0) is 30.5 Å². The van der Waals surface area contributed by atoms with Crippen LogP contribution in [0.25, 0.3) is 0 Å². The molecule has 0 unspecified atom stereocenters. The number of pyridine rings is 1. The third-order valence-corrected chi connectivity index (χ3v) is 4.93. The molecule has 2 aromatic heterocycles. The highest BCUT2D eigenvalue weighted by atomic mass is 16.5. The van der Waals surface area contributed by atoms with Crippen LogP contribution in [0.5, 0.6) is 0 Å². The van der Waals surface area contributed by atoms with E-state index >= 15 is 0 Å². The van der Waals surface area contributed by atoms with Crippen LogP contribution in [-0.4, -0.2) is 58.2 Å². The number of anilines is 1. The first-order valence-corrected chi connectivity index (χ1v) is 8.67. The monoisotopic (exact) mass is 325 g/mol. The van der Waals surface area contributed by atoms with Gasteiger partial charge in [0.25, 0.3) is 0 Å². The Morgan fingerprint density at radius 1 is 1.04 bits per heavy atom. The molecule has 0 saturated carbocycles. The summed E-state index contributed by atoms with van der Waals surface area (Å²) in [5.74, 6) is 0.829. The van der Waals surface area contributed by atoms with Crippen LogP contribution in [0, 0.1) is 0 Å². The van der Waals surface area contributed by atoms with Crippen molar-refractivity contribution in [1.82, 2.24) is 19.9 Å². The molecule has 0 N–H and O–H groups in total. The summed E-state index contributed by atoms with van der Waals surface area (Å²) in [4.78, 5) is 17.9. The first-order valence-electron chi connectivity index (χ1n) is 8.67. The van der Waals surface area contributed by atoms with Crippen LogP contribution in [0.4, 0.5) is 5.95 Å². The summed E-state index contributed by atoms with van der Waals surface area (Å²) < 4.78 is 6.09. The number of fused-ring (bicyclic) bond motifs is 1. The van der Waals surface area contributed by atoms with Crippen LogP contribution < -0.4 is 4.90 Å². The molecule has 126 valence electrons. The van der Waals surface area contributed by atoms with E-state index in [0.717, 1.165) is 51.6 Å². The Labute approximate surface area is 142 Å². The van der Waals surface area contributed by atoms with Gasteiger partial charge >= 0.3 is 0 Å². The molecule has 0 aliphatic carbocycles. The molecule has 2 atom stereocenters. The molecule has 4 rings (SSSR count). The quantitative estimate of drug-likeness (QED) is 0.857. The fraction of sp³-hybridized carbons (Fsp3) is 0.500. The summed E-state index contributed by atoms with van der Waals surface area (Å²) in [6, 6.07) is 6.47. The van der Waals surface area contributed by atoms with Crippen molar-refractivity contribution in [2.75, 3.05) is 31.1 Å². The lowest BCUT2D eigenvalue weighted by atomic mass is 10.0. The van der Waals surface area contributed by atoms with Crippen LogP contribution in [-0.2, 0) is 11.3 Å². The number of rotatable bonds is 3. The van der Waals surface area contributed by atoms with Gasteiger partial charge < -0.3 is 9.64 Å². The van der Waals surface area contributed by atoms with Crippen LogP contribution >= 0.6 is 0 Å². The molecular weight excluding hydrogens is 302 g/mol. The van der Waals surface area contributed by atoms with E-state index < -0.39 is 0 Å². The first-order chi connectivity index (χ1) is 11.9. The van der Waals surface area contributed by atoms with Gasteiger partial charge in [-0.3, -0.25) is 9.88 Å². The predicted molar refractivity (Wildman–Crippen MR) is 91.7 cm³/mol. The van der Waals surface area contributed by atoms with Gasteiger partial charge in [0.05, 0.1) is 12.7 Å². The second kappa shape index (κ2) is 7.23. The maximum Gasteiger partial charge on any atom is 0.225 e. The summed E-state index contributed by atoms with van der Waals surface area (Å²) in [6.07, 6.45) is 9.80. The minimum absolute atomic E-state index is 0.295.